The molecule has 2 rings (SSSR count). The highest BCUT2D eigenvalue weighted by Crippen LogP contribution is 2.30. The summed E-state index contributed by atoms with van der Waals surface area (Å²) in [4.78, 5) is 12.4. The van der Waals surface area contributed by atoms with E-state index in [2.05, 4.69) is 10.6 Å². The maximum atomic E-state index is 12.4. The van der Waals surface area contributed by atoms with Crippen LogP contribution in [0.2, 0.25) is 0 Å². The summed E-state index contributed by atoms with van der Waals surface area (Å²) >= 11 is 0. The van der Waals surface area contributed by atoms with Crippen LogP contribution >= 0.6 is 12.4 Å². The fourth-order valence-electron chi connectivity index (χ4n) is 2.88. The van der Waals surface area contributed by atoms with Gasteiger partial charge in [-0.1, -0.05) is 0 Å². The van der Waals surface area contributed by atoms with Crippen molar-refractivity contribution in [2.75, 3.05) is 33.9 Å². The van der Waals surface area contributed by atoms with Crippen LogP contribution in [0.25, 0.3) is 0 Å². The van der Waals surface area contributed by atoms with Crippen molar-refractivity contribution in [3.05, 3.63) is 23.3 Å². The Kier molecular flexibility index (Phi) is 8.20. The molecule has 0 aliphatic carbocycles. The highest BCUT2D eigenvalue weighted by molar-refractivity contribution is 5.96. The minimum Gasteiger partial charge on any atom is -0.493 e. The summed E-state index contributed by atoms with van der Waals surface area (Å²) in [6.45, 7) is 4.79. The molecule has 1 atom stereocenters. The third-order valence-corrected chi connectivity index (χ3v) is 4.21. The number of carbonyl (C=O) groups is 1. The Bertz CT molecular complexity index is 517. The van der Waals surface area contributed by atoms with Gasteiger partial charge in [0.15, 0.2) is 11.5 Å². The Labute approximate surface area is 144 Å². The van der Waals surface area contributed by atoms with Crippen molar-refractivity contribution in [3.63, 3.8) is 0 Å². The van der Waals surface area contributed by atoms with Crippen molar-refractivity contribution < 1.29 is 14.3 Å². The zero-order chi connectivity index (χ0) is 15.9. The second-order valence-corrected chi connectivity index (χ2v) is 5.78. The number of hydrogen-bond acceptors (Lipinski definition) is 4. The quantitative estimate of drug-likeness (QED) is 0.834. The molecule has 1 amide bonds. The number of nitrogens with one attached hydrogen (secondary N) is 2. The van der Waals surface area contributed by atoms with Gasteiger partial charge < -0.3 is 20.1 Å². The normalized spacial score (nSPS) is 17.1. The second kappa shape index (κ2) is 9.63. The maximum absolute atomic E-state index is 12.4. The minimum atomic E-state index is -0.0535. The summed E-state index contributed by atoms with van der Waals surface area (Å²) in [7, 11) is 3.17. The highest BCUT2D eigenvalue weighted by atomic mass is 35.5. The van der Waals surface area contributed by atoms with E-state index in [1.54, 1.807) is 20.3 Å². The summed E-state index contributed by atoms with van der Waals surface area (Å²) in [5.41, 5.74) is 1.52. The molecule has 6 heteroatoms. The number of amides is 1. The molecule has 130 valence electrons. The van der Waals surface area contributed by atoms with Gasteiger partial charge >= 0.3 is 0 Å². The van der Waals surface area contributed by atoms with Crippen LogP contribution in [0.15, 0.2) is 12.1 Å². The van der Waals surface area contributed by atoms with E-state index >= 15 is 0 Å². The van der Waals surface area contributed by atoms with Crippen molar-refractivity contribution in [1.29, 1.82) is 0 Å². The molecular formula is C17H27ClN2O3. The Balaban J connectivity index is 0.00000264. The lowest BCUT2D eigenvalue weighted by Gasteiger charge is -2.22. The van der Waals surface area contributed by atoms with Crippen molar-refractivity contribution >= 4 is 18.3 Å². The number of rotatable bonds is 6. The number of ether oxygens (including phenoxy) is 2. The van der Waals surface area contributed by atoms with Gasteiger partial charge in [-0.05, 0) is 62.9 Å². The van der Waals surface area contributed by atoms with Crippen LogP contribution in [-0.2, 0) is 0 Å². The first kappa shape index (κ1) is 19.6. The first-order valence-electron chi connectivity index (χ1n) is 7.87. The lowest BCUT2D eigenvalue weighted by molar-refractivity contribution is 0.0949. The molecule has 1 saturated heterocycles. The number of hydrogen-bond donors (Lipinski definition) is 2. The molecule has 1 aliphatic rings. The molecule has 0 radical (unpaired) electrons. The fourth-order valence-corrected chi connectivity index (χ4v) is 2.88. The van der Waals surface area contributed by atoms with Crippen LogP contribution in [0.3, 0.4) is 0 Å². The number of aryl methyl sites for hydroxylation is 1. The second-order valence-electron chi connectivity index (χ2n) is 5.78. The van der Waals surface area contributed by atoms with Crippen molar-refractivity contribution in [2.45, 2.75) is 26.2 Å². The Morgan fingerprint density at radius 2 is 2.00 bits per heavy atom. The standard InChI is InChI=1S/C17H26N2O3.ClH/c1-12-9-15(21-2)16(22-3)10-14(12)17(20)19-8-6-13-5-4-7-18-11-13;/h9-10,13,18H,4-8,11H2,1-3H3,(H,19,20);1H. The van der Waals surface area contributed by atoms with Crippen molar-refractivity contribution in [2.24, 2.45) is 5.92 Å². The van der Waals surface area contributed by atoms with E-state index in [1.807, 2.05) is 13.0 Å². The third kappa shape index (κ3) is 5.29. The molecule has 23 heavy (non-hydrogen) atoms. The molecule has 1 aromatic rings. The van der Waals surface area contributed by atoms with Crippen molar-refractivity contribution in [1.82, 2.24) is 10.6 Å². The van der Waals surface area contributed by atoms with Gasteiger partial charge in [0.25, 0.3) is 5.91 Å². The van der Waals surface area contributed by atoms with Crippen LogP contribution < -0.4 is 20.1 Å². The monoisotopic (exact) mass is 342 g/mol. The summed E-state index contributed by atoms with van der Waals surface area (Å²) in [6.07, 6.45) is 3.50. The maximum Gasteiger partial charge on any atom is 0.251 e. The van der Waals surface area contributed by atoms with E-state index in [0.29, 0.717) is 29.5 Å². The van der Waals surface area contributed by atoms with Gasteiger partial charge in [0.1, 0.15) is 0 Å². The molecule has 0 aromatic heterocycles. The third-order valence-electron chi connectivity index (χ3n) is 4.21. The van der Waals surface area contributed by atoms with Gasteiger partial charge in [-0.2, -0.15) is 0 Å². The van der Waals surface area contributed by atoms with Gasteiger partial charge in [0, 0.05) is 12.1 Å². The van der Waals surface area contributed by atoms with E-state index in [0.717, 1.165) is 25.1 Å². The molecule has 5 nitrogen and oxygen atoms in total. The molecule has 1 heterocycles. The summed E-state index contributed by atoms with van der Waals surface area (Å²) in [5.74, 6) is 1.84. The van der Waals surface area contributed by atoms with Crippen LogP contribution in [0.1, 0.15) is 35.2 Å². The average molecular weight is 343 g/mol. The van der Waals surface area contributed by atoms with Gasteiger partial charge in [0.2, 0.25) is 0 Å². The van der Waals surface area contributed by atoms with Gasteiger partial charge in [-0.25, -0.2) is 0 Å². The Morgan fingerprint density at radius 1 is 1.30 bits per heavy atom. The predicted octanol–water partition coefficient (Wildman–Crippen LogP) is 2.55. The molecule has 0 spiro atoms. The van der Waals surface area contributed by atoms with E-state index in [-0.39, 0.29) is 18.3 Å². The first-order valence-corrected chi connectivity index (χ1v) is 7.87. The molecular weight excluding hydrogens is 316 g/mol. The largest absolute Gasteiger partial charge is 0.493 e. The van der Waals surface area contributed by atoms with Crippen molar-refractivity contribution in [3.8, 4) is 11.5 Å². The SMILES string of the molecule is COc1cc(C)c(C(=O)NCCC2CCCNC2)cc1OC.Cl. The Morgan fingerprint density at radius 3 is 2.61 bits per heavy atom. The summed E-state index contributed by atoms with van der Waals surface area (Å²) in [5, 5.41) is 6.41. The zero-order valence-electron chi connectivity index (χ0n) is 14.1. The summed E-state index contributed by atoms with van der Waals surface area (Å²) in [6, 6.07) is 3.57. The van der Waals surface area contributed by atoms with E-state index in [1.165, 1.54) is 12.8 Å². The van der Waals surface area contributed by atoms with E-state index in [4.69, 9.17) is 9.47 Å². The minimum absolute atomic E-state index is 0. The Hall–Kier alpha value is -1.46. The van der Waals surface area contributed by atoms with Crippen LogP contribution in [0, 0.1) is 12.8 Å². The predicted molar refractivity (Wildman–Crippen MR) is 94.1 cm³/mol. The first-order chi connectivity index (χ1) is 10.7. The molecule has 0 bridgehead atoms. The van der Waals surface area contributed by atoms with E-state index in [9.17, 15) is 4.79 Å². The lowest BCUT2D eigenvalue weighted by Crippen LogP contribution is -2.33. The van der Waals surface area contributed by atoms with Gasteiger partial charge in [-0.15, -0.1) is 12.4 Å². The average Bonchev–Trinajstić information content (AvgIpc) is 2.55. The smallest absolute Gasteiger partial charge is 0.251 e. The van der Waals surface area contributed by atoms with Gasteiger partial charge in [-0.3, -0.25) is 4.79 Å². The van der Waals surface area contributed by atoms with Gasteiger partial charge in [0.05, 0.1) is 14.2 Å². The molecule has 1 fully saturated rings. The molecule has 1 unspecified atom stereocenters. The molecule has 1 aliphatic heterocycles. The lowest BCUT2D eigenvalue weighted by atomic mass is 9.96. The number of benzene rings is 1. The topological polar surface area (TPSA) is 59.6 Å². The number of methoxy groups -OCH3 is 2. The fraction of sp³-hybridized carbons (Fsp3) is 0.588. The number of piperidine rings is 1. The number of carbonyl (C=O) groups excluding carboxylic acids is 1. The van der Waals surface area contributed by atoms with Crippen LogP contribution in [0.5, 0.6) is 11.5 Å². The van der Waals surface area contributed by atoms with Crippen LogP contribution in [-0.4, -0.2) is 39.8 Å². The highest BCUT2D eigenvalue weighted by Gasteiger charge is 2.16. The number of halogens is 1. The molecule has 1 aromatic carbocycles. The van der Waals surface area contributed by atoms with E-state index < -0.39 is 0 Å². The summed E-state index contributed by atoms with van der Waals surface area (Å²) < 4.78 is 10.5. The molecule has 0 saturated carbocycles. The molecule has 2 N–H and O–H groups in total. The zero-order valence-corrected chi connectivity index (χ0v) is 14.9. The van der Waals surface area contributed by atoms with Crippen LogP contribution in [0.4, 0.5) is 0 Å².